The van der Waals surface area contributed by atoms with Gasteiger partial charge in [0.25, 0.3) is 0 Å². The number of hydrogen-bond donors (Lipinski definition) is 0. The average Bonchev–Trinajstić information content (AvgIpc) is 2.38. The monoisotopic (exact) mass is 246 g/mol. The second kappa shape index (κ2) is 5.08. The molecule has 0 aliphatic rings. The molecule has 0 aliphatic heterocycles. The highest BCUT2D eigenvalue weighted by Gasteiger charge is 2.15. The van der Waals surface area contributed by atoms with Gasteiger partial charge in [-0.15, -0.1) is 0 Å². The summed E-state index contributed by atoms with van der Waals surface area (Å²) in [5.41, 5.74) is 2.00. The fourth-order valence-corrected chi connectivity index (χ4v) is 1.94. The van der Waals surface area contributed by atoms with Gasteiger partial charge in [0.2, 0.25) is 0 Å². The molecule has 94 valence electrons. The van der Waals surface area contributed by atoms with Crippen LogP contribution in [0.4, 0.5) is 4.39 Å². The first-order chi connectivity index (χ1) is 8.67. The number of methoxy groups -OCH3 is 2. The molecule has 0 amide bonds. The van der Waals surface area contributed by atoms with E-state index in [1.807, 2.05) is 19.1 Å². The highest BCUT2D eigenvalue weighted by atomic mass is 19.1. The van der Waals surface area contributed by atoms with Crippen molar-refractivity contribution in [2.24, 2.45) is 0 Å². The molecule has 0 N–H and O–H groups in total. The Morgan fingerprint density at radius 2 is 1.56 bits per heavy atom. The smallest absolute Gasteiger partial charge is 0.131 e. The van der Waals surface area contributed by atoms with E-state index in [2.05, 4.69) is 0 Å². The van der Waals surface area contributed by atoms with E-state index in [1.165, 1.54) is 6.07 Å². The SMILES string of the molecule is COc1cccc(OC)c1-c1ccc(C)cc1F. The van der Waals surface area contributed by atoms with Crippen molar-refractivity contribution in [2.75, 3.05) is 14.2 Å². The summed E-state index contributed by atoms with van der Waals surface area (Å²) >= 11 is 0. The molecule has 0 unspecified atom stereocenters. The molecule has 2 aromatic rings. The Morgan fingerprint density at radius 3 is 2.06 bits per heavy atom. The Kier molecular flexibility index (Phi) is 3.51. The molecule has 0 heterocycles. The first-order valence-corrected chi connectivity index (χ1v) is 5.65. The topological polar surface area (TPSA) is 18.5 Å². The van der Waals surface area contributed by atoms with Gasteiger partial charge in [-0.1, -0.05) is 18.2 Å². The number of halogens is 1. The summed E-state index contributed by atoms with van der Waals surface area (Å²) in [5.74, 6) is 0.909. The van der Waals surface area contributed by atoms with Crippen LogP contribution in [0.5, 0.6) is 11.5 Å². The first kappa shape index (κ1) is 12.4. The molecule has 0 fully saturated rings. The van der Waals surface area contributed by atoms with Crippen LogP contribution in [0.1, 0.15) is 5.56 Å². The molecular weight excluding hydrogens is 231 g/mol. The molecule has 0 spiro atoms. The third-order valence-corrected chi connectivity index (χ3v) is 2.82. The van der Waals surface area contributed by atoms with E-state index in [1.54, 1.807) is 32.4 Å². The van der Waals surface area contributed by atoms with Crippen molar-refractivity contribution in [3.63, 3.8) is 0 Å². The number of ether oxygens (including phenoxy) is 2. The van der Waals surface area contributed by atoms with Crippen LogP contribution in [-0.2, 0) is 0 Å². The summed E-state index contributed by atoms with van der Waals surface area (Å²) in [4.78, 5) is 0. The lowest BCUT2D eigenvalue weighted by Gasteiger charge is -2.14. The van der Waals surface area contributed by atoms with Crippen molar-refractivity contribution in [3.05, 3.63) is 47.8 Å². The van der Waals surface area contributed by atoms with E-state index in [4.69, 9.17) is 9.47 Å². The molecule has 0 saturated heterocycles. The third kappa shape index (κ3) is 2.16. The van der Waals surface area contributed by atoms with Crippen LogP contribution < -0.4 is 9.47 Å². The molecule has 0 bridgehead atoms. The number of hydrogen-bond acceptors (Lipinski definition) is 2. The lowest BCUT2D eigenvalue weighted by Crippen LogP contribution is -1.95. The van der Waals surface area contributed by atoms with Crippen LogP contribution in [0.25, 0.3) is 11.1 Å². The zero-order valence-electron chi connectivity index (χ0n) is 10.7. The molecule has 2 aromatic carbocycles. The minimum Gasteiger partial charge on any atom is -0.496 e. The molecule has 2 rings (SSSR count). The molecular formula is C15H15FO2. The van der Waals surface area contributed by atoms with Gasteiger partial charge in [-0.2, -0.15) is 0 Å². The van der Waals surface area contributed by atoms with Crippen molar-refractivity contribution in [2.45, 2.75) is 6.92 Å². The van der Waals surface area contributed by atoms with Crippen LogP contribution in [0, 0.1) is 12.7 Å². The molecule has 0 saturated carbocycles. The fourth-order valence-electron chi connectivity index (χ4n) is 1.94. The minimum absolute atomic E-state index is 0.280. The Hall–Kier alpha value is -2.03. The third-order valence-electron chi connectivity index (χ3n) is 2.82. The Labute approximate surface area is 106 Å². The maximum Gasteiger partial charge on any atom is 0.131 e. The minimum atomic E-state index is -0.280. The van der Waals surface area contributed by atoms with Gasteiger partial charge < -0.3 is 9.47 Å². The van der Waals surface area contributed by atoms with Crippen molar-refractivity contribution in [1.29, 1.82) is 0 Å². The van der Waals surface area contributed by atoms with Crippen LogP contribution >= 0.6 is 0 Å². The normalized spacial score (nSPS) is 10.2. The largest absolute Gasteiger partial charge is 0.496 e. The van der Waals surface area contributed by atoms with Gasteiger partial charge in [0.05, 0.1) is 19.8 Å². The second-order valence-corrected chi connectivity index (χ2v) is 4.02. The first-order valence-electron chi connectivity index (χ1n) is 5.65. The Morgan fingerprint density at radius 1 is 0.944 bits per heavy atom. The predicted octanol–water partition coefficient (Wildman–Crippen LogP) is 3.82. The fraction of sp³-hybridized carbons (Fsp3) is 0.200. The lowest BCUT2D eigenvalue weighted by molar-refractivity contribution is 0.397. The van der Waals surface area contributed by atoms with Gasteiger partial charge in [-0.05, 0) is 30.7 Å². The highest BCUT2D eigenvalue weighted by Crippen LogP contribution is 2.39. The molecule has 3 heteroatoms. The number of benzene rings is 2. The van der Waals surface area contributed by atoms with E-state index in [9.17, 15) is 4.39 Å². The zero-order chi connectivity index (χ0) is 13.1. The van der Waals surface area contributed by atoms with E-state index in [0.29, 0.717) is 22.6 Å². The van der Waals surface area contributed by atoms with Gasteiger partial charge >= 0.3 is 0 Å². The molecule has 2 nitrogen and oxygen atoms in total. The van der Waals surface area contributed by atoms with Gasteiger partial charge in [0, 0.05) is 5.56 Å². The van der Waals surface area contributed by atoms with E-state index >= 15 is 0 Å². The number of rotatable bonds is 3. The molecule has 0 aliphatic carbocycles. The van der Waals surface area contributed by atoms with Gasteiger partial charge in [0.15, 0.2) is 0 Å². The second-order valence-electron chi connectivity index (χ2n) is 4.02. The summed E-state index contributed by atoms with van der Waals surface area (Å²) in [7, 11) is 3.12. The van der Waals surface area contributed by atoms with Gasteiger partial charge in [-0.25, -0.2) is 4.39 Å². The summed E-state index contributed by atoms with van der Waals surface area (Å²) in [6, 6.07) is 10.5. The summed E-state index contributed by atoms with van der Waals surface area (Å²) in [6.07, 6.45) is 0. The summed E-state index contributed by atoms with van der Waals surface area (Å²) < 4.78 is 24.6. The summed E-state index contributed by atoms with van der Waals surface area (Å²) in [5, 5.41) is 0. The van der Waals surface area contributed by atoms with Crippen molar-refractivity contribution < 1.29 is 13.9 Å². The van der Waals surface area contributed by atoms with Gasteiger partial charge in [0.1, 0.15) is 17.3 Å². The van der Waals surface area contributed by atoms with E-state index in [-0.39, 0.29) is 5.82 Å². The zero-order valence-corrected chi connectivity index (χ0v) is 10.7. The van der Waals surface area contributed by atoms with E-state index < -0.39 is 0 Å². The van der Waals surface area contributed by atoms with Crippen molar-refractivity contribution >= 4 is 0 Å². The van der Waals surface area contributed by atoms with Gasteiger partial charge in [-0.3, -0.25) is 0 Å². The highest BCUT2D eigenvalue weighted by molar-refractivity contribution is 5.77. The maximum atomic E-state index is 14.1. The van der Waals surface area contributed by atoms with Crippen LogP contribution in [0.2, 0.25) is 0 Å². The van der Waals surface area contributed by atoms with Crippen LogP contribution in [0.3, 0.4) is 0 Å². The average molecular weight is 246 g/mol. The summed E-state index contributed by atoms with van der Waals surface area (Å²) in [6.45, 7) is 1.85. The Balaban J connectivity index is 2.68. The lowest BCUT2D eigenvalue weighted by atomic mass is 10.0. The predicted molar refractivity (Wildman–Crippen MR) is 69.7 cm³/mol. The molecule has 18 heavy (non-hydrogen) atoms. The molecule has 0 radical (unpaired) electrons. The quantitative estimate of drug-likeness (QED) is 0.819. The van der Waals surface area contributed by atoms with E-state index in [0.717, 1.165) is 5.56 Å². The Bertz CT molecular complexity index is 542. The standard InChI is InChI=1S/C15H15FO2/c1-10-7-8-11(12(16)9-10)15-13(17-2)5-4-6-14(15)18-3/h4-9H,1-3H3. The van der Waals surface area contributed by atoms with Crippen molar-refractivity contribution in [1.82, 2.24) is 0 Å². The van der Waals surface area contributed by atoms with Crippen LogP contribution in [0.15, 0.2) is 36.4 Å². The van der Waals surface area contributed by atoms with Crippen LogP contribution in [-0.4, -0.2) is 14.2 Å². The molecule has 0 atom stereocenters. The maximum absolute atomic E-state index is 14.1. The molecule has 0 aromatic heterocycles. The number of aryl methyl sites for hydroxylation is 1. The van der Waals surface area contributed by atoms with Crippen molar-refractivity contribution in [3.8, 4) is 22.6 Å².